The molecule has 0 radical (unpaired) electrons. The second-order valence-electron chi connectivity index (χ2n) is 2.91. The molecule has 0 saturated heterocycles. The average Bonchev–Trinajstić information content (AvgIpc) is 2.18. The van der Waals surface area contributed by atoms with Gasteiger partial charge in [-0.15, -0.1) is 0 Å². The highest BCUT2D eigenvalue weighted by Crippen LogP contribution is 2.08. The largest absolute Gasteiger partial charge is 0.480 e. The summed E-state index contributed by atoms with van der Waals surface area (Å²) < 4.78 is 4.82. The second kappa shape index (κ2) is 4.99. The maximum atomic E-state index is 11.1. The van der Waals surface area contributed by atoms with Crippen LogP contribution in [-0.4, -0.2) is 23.2 Å². The number of carboxylic acids is 1. The van der Waals surface area contributed by atoms with Gasteiger partial charge in [0.05, 0.1) is 0 Å². The Bertz CT molecular complexity index is 350. The molecule has 0 aliphatic rings. The fourth-order valence-corrected chi connectivity index (χ4v) is 0.864. The van der Waals surface area contributed by atoms with Crippen molar-refractivity contribution in [3.8, 4) is 5.75 Å². The van der Waals surface area contributed by atoms with Gasteiger partial charge in [0, 0.05) is 0 Å². The topological polar surface area (TPSA) is 75.6 Å². The maximum Gasteiger partial charge on any atom is 0.413 e. The second-order valence-corrected chi connectivity index (χ2v) is 2.91. The number of ether oxygens (including phenoxy) is 1. The van der Waals surface area contributed by atoms with E-state index in [1.165, 1.54) is 6.92 Å². The third-order valence-electron chi connectivity index (χ3n) is 1.66. The molecule has 0 fully saturated rings. The lowest BCUT2D eigenvalue weighted by atomic mass is 10.3. The van der Waals surface area contributed by atoms with E-state index in [-0.39, 0.29) is 0 Å². The SMILES string of the molecule is C[C@@H](NC(=O)Oc1ccccc1)C(=O)O. The van der Waals surface area contributed by atoms with Crippen LogP contribution in [0.2, 0.25) is 0 Å². The third kappa shape index (κ3) is 3.68. The van der Waals surface area contributed by atoms with Crippen LogP contribution in [0, 0.1) is 0 Å². The highest BCUT2D eigenvalue weighted by molar-refractivity contribution is 5.80. The van der Waals surface area contributed by atoms with Gasteiger partial charge in [0.15, 0.2) is 0 Å². The molecule has 0 saturated carbocycles. The Morgan fingerprint density at radius 2 is 1.93 bits per heavy atom. The van der Waals surface area contributed by atoms with Gasteiger partial charge in [-0.2, -0.15) is 0 Å². The highest BCUT2D eigenvalue weighted by Gasteiger charge is 2.14. The molecule has 1 aromatic rings. The molecule has 0 aromatic heterocycles. The molecule has 1 atom stereocenters. The van der Waals surface area contributed by atoms with Crippen molar-refractivity contribution in [1.29, 1.82) is 0 Å². The summed E-state index contributed by atoms with van der Waals surface area (Å²) in [5, 5.41) is 10.7. The number of para-hydroxylation sites is 1. The van der Waals surface area contributed by atoms with Crippen LogP contribution in [-0.2, 0) is 4.79 Å². The molecule has 1 aromatic carbocycles. The zero-order chi connectivity index (χ0) is 11.3. The molecule has 0 spiro atoms. The molecule has 15 heavy (non-hydrogen) atoms. The van der Waals surface area contributed by atoms with Crippen molar-refractivity contribution in [1.82, 2.24) is 5.32 Å². The van der Waals surface area contributed by atoms with Crippen LogP contribution in [0.3, 0.4) is 0 Å². The fourth-order valence-electron chi connectivity index (χ4n) is 0.864. The predicted octanol–water partition coefficient (Wildman–Crippen LogP) is 1.25. The van der Waals surface area contributed by atoms with Crippen molar-refractivity contribution in [2.75, 3.05) is 0 Å². The zero-order valence-corrected chi connectivity index (χ0v) is 8.14. The Morgan fingerprint density at radius 3 is 2.47 bits per heavy atom. The molecule has 1 rings (SSSR count). The van der Waals surface area contributed by atoms with E-state index < -0.39 is 18.1 Å². The van der Waals surface area contributed by atoms with Crippen LogP contribution >= 0.6 is 0 Å². The van der Waals surface area contributed by atoms with Gasteiger partial charge in [-0.3, -0.25) is 4.79 Å². The van der Waals surface area contributed by atoms with Crippen molar-refractivity contribution in [3.05, 3.63) is 30.3 Å². The van der Waals surface area contributed by atoms with E-state index in [0.717, 1.165) is 0 Å². The molecule has 1 amide bonds. The minimum Gasteiger partial charge on any atom is -0.480 e. The lowest BCUT2D eigenvalue weighted by molar-refractivity contribution is -0.138. The van der Waals surface area contributed by atoms with Gasteiger partial charge in [0.2, 0.25) is 0 Å². The number of rotatable bonds is 3. The van der Waals surface area contributed by atoms with E-state index in [1.807, 2.05) is 0 Å². The molecule has 0 heterocycles. The third-order valence-corrected chi connectivity index (χ3v) is 1.66. The normalized spacial score (nSPS) is 11.5. The van der Waals surface area contributed by atoms with Gasteiger partial charge < -0.3 is 15.2 Å². The number of aliphatic carboxylic acids is 1. The number of hydrogen-bond donors (Lipinski definition) is 2. The van der Waals surface area contributed by atoms with E-state index in [4.69, 9.17) is 9.84 Å². The first-order valence-electron chi connectivity index (χ1n) is 4.36. The summed E-state index contributed by atoms with van der Waals surface area (Å²) in [5.74, 6) is -0.743. The predicted molar refractivity (Wildman–Crippen MR) is 52.7 cm³/mol. The molecule has 5 heteroatoms. The minimum atomic E-state index is -1.11. The van der Waals surface area contributed by atoms with E-state index in [2.05, 4.69) is 5.32 Å². The minimum absolute atomic E-state index is 0.368. The summed E-state index contributed by atoms with van der Waals surface area (Å²) in [6, 6.07) is 7.44. The van der Waals surface area contributed by atoms with Crippen molar-refractivity contribution >= 4 is 12.1 Å². The standard InChI is InChI=1S/C10H11NO4/c1-7(9(12)13)11-10(14)15-8-5-3-2-4-6-8/h2-7H,1H3,(H,11,14)(H,12,13)/t7-/m1/s1. The zero-order valence-electron chi connectivity index (χ0n) is 8.14. The summed E-state index contributed by atoms with van der Waals surface area (Å²) >= 11 is 0. The first kappa shape index (κ1) is 11.0. The number of amides is 1. The number of nitrogens with one attached hydrogen (secondary N) is 1. The average molecular weight is 209 g/mol. The fraction of sp³-hybridized carbons (Fsp3) is 0.200. The van der Waals surface area contributed by atoms with Crippen LogP contribution in [0.5, 0.6) is 5.75 Å². The van der Waals surface area contributed by atoms with Gasteiger partial charge in [-0.05, 0) is 19.1 Å². The Morgan fingerprint density at radius 1 is 1.33 bits per heavy atom. The van der Waals surface area contributed by atoms with Crippen LogP contribution in [0.4, 0.5) is 4.79 Å². The lowest BCUT2D eigenvalue weighted by Crippen LogP contribution is -2.39. The maximum absolute atomic E-state index is 11.1. The number of carbonyl (C=O) groups is 2. The number of hydrogen-bond acceptors (Lipinski definition) is 3. The molecule has 0 bridgehead atoms. The van der Waals surface area contributed by atoms with Crippen molar-refractivity contribution in [2.24, 2.45) is 0 Å². The van der Waals surface area contributed by atoms with Gasteiger partial charge >= 0.3 is 12.1 Å². The molecule has 0 aliphatic carbocycles. The molecule has 0 aliphatic heterocycles. The molecule has 80 valence electrons. The number of benzene rings is 1. The first-order valence-corrected chi connectivity index (χ1v) is 4.36. The van der Waals surface area contributed by atoms with Gasteiger partial charge in [-0.25, -0.2) is 4.79 Å². The lowest BCUT2D eigenvalue weighted by Gasteiger charge is -2.09. The van der Waals surface area contributed by atoms with E-state index in [1.54, 1.807) is 30.3 Å². The first-order chi connectivity index (χ1) is 7.09. The van der Waals surface area contributed by atoms with Crippen LogP contribution in [0.15, 0.2) is 30.3 Å². The quantitative estimate of drug-likeness (QED) is 0.785. The Labute approximate surface area is 86.7 Å². The monoisotopic (exact) mass is 209 g/mol. The van der Waals surface area contributed by atoms with E-state index >= 15 is 0 Å². The van der Waals surface area contributed by atoms with Crippen molar-refractivity contribution in [2.45, 2.75) is 13.0 Å². The molecule has 5 nitrogen and oxygen atoms in total. The summed E-state index contributed by atoms with van der Waals surface area (Å²) in [4.78, 5) is 21.5. The summed E-state index contributed by atoms with van der Waals surface area (Å²) in [5.41, 5.74) is 0. The molecular weight excluding hydrogens is 198 g/mol. The Kier molecular flexibility index (Phi) is 3.68. The van der Waals surface area contributed by atoms with Crippen molar-refractivity contribution in [3.63, 3.8) is 0 Å². The van der Waals surface area contributed by atoms with Gasteiger partial charge in [0.25, 0.3) is 0 Å². The van der Waals surface area contributed by atoms with E-state index in [9.17, 15) is 9.59 Å². The Balaban J connectivity index is 2.47. The molecule has 0 unspecified atom stereocenters. The van der Waals surface area contributed by atoms with Gasteiger partial charge in [-0.1, -0.05) is 18.2 Å². The summed E-state index contributed by atoms with van der Waals surface area (Å²) in [7, 11) is 0. The smallest absolute Gasteiger partial charge is 0.413 e. The Hall–Kier alpha value is -2.04. The van der Waals surface area contributed by atoms with Crippen LogP contribution in [0.1, 0.15) is 6.92 Å². The van der Waals surface area contributed by atoms with Crippen LogP contribution in [0.25, 0.3) is 0 Å². The molecular formula is C10H11NO4. The summed E-state index contributed by atoms with van der Waals surface area (Å²) in [6.45, 7) is 1.36. The van der Waals surface area contributed by atoms with Crippen LogP contribution < -0.4 is 10.1 Å². The molecule has 2 N–H and O–H groups in total. The van der Waals surface area contributed by atoms with E-state index in [0.29, 0.717) is 5.75 Å². The number of carbonyl (C=O) groups excluding carboxylic acids is 1. The van der Waals surface area contributed by atoms with Crippen molar-refractivity contribution < 1.29 is 19.4 Å². The highest BCUT2D eigenvalue weighted by atomic mass is 16.6. The van der Waals surface area contributed by atoms with Gasteiger partial charge in [0.1, 0.15) is 11.8 Å². The number of carboxylic acid groups (broad SMARTS) is 1. The summed E-state index contributed by atoms with van der Waals surface area (Å²) in [6.07, 6.45) is -0.781.